The summed E-state index contributed by atoms with van der Waals surface area (Å²) in [5.41, 5.74) is 9.57. The average molecular weight is 115 g/mol. The highest BCUT2D eigenvalue weighted by atomic mass is 15.2. The third kappa shape index (κ3) is 1.84. The smallest absolute Gasteiger partial charge is 0.0440 e. The molecule has 3 nitrogen and oxygen atoms in total. The summed E-state index contributed by atoms with van der Waals surface area (Å²) in [6.45, 7) is 3.81. The van der Waals surface area contributed by atoms with Crippen LogP contribution in [-0.4, -0.2) is 0 Å². The highest BCUT2D eigenvalue weighted by Crippen LogP contribution is 1.95. The lowest BCUT2D eigenvalue weighted by Gasteiger charge is -2.03. The number of allylic oxidation sites excluding steroid dienone is 2. The lowest BCUT2D eigenvalue weighted by Crippen LogP contribution is -2.23. The second kappa shape index (κ2) is 3.32. The van der Waals surface area contributed by atoms with Crippen LogP contribution in [0.25, 0.3) is 0 Å². The van der Waals surface area contributed by atoms with Crippen molar-refractivity contribution in [3.8, 4) is 0 Å². The fourth-order valence-corrected chi connectivity index (χ4v) is 0.495. The van der Waals surface area contributed by atoms with Gasteiger partial charge in [0, 0.05) is 11.4 Å². The lowest BCUT2D eigenvalue weighted by atomic mass is 10.3. The van der Waals surface area contributed by atoms with Crippen LogP contribution in [0.5, 0.6) is 0 Å². The van der Waals surface area contributed by atoms with Crippen molar-refractivity contribution in [2.24, 2.45) is 11.6 Å². The van der Waals surface area contributed by atoms with Crippen LogP contribution >= 0.6 is 0 Å². The van der Waals surface area contributed by atoms with Crippen LogP contribution in [0.15, 0.2) is 11.4 Å². The Morgan fingerprint density at radius 1 is 1.62 bits per heavy atom. The summed E-state index contributed by atoms with van der Waals surface area (Å²) >= 11 is 0. The van der Waals surface area contributed by atoms with E-state index in [1.807, 2.05) is 13.8 Å². The number of hydrogen-bond acceptors (Lipinski definition) is 3. The topological polar surface area (TPSA) is 64.1 Å². The Bertz CT molecular complexity index is 85.8. The number of nitrogens with one attached hydrogen (secondary N) is 1. The van der Waals surface area contributed by atoms with Gasteiger partial charge in [0.2, 0.25) is 0 Å². The molecule has 0 aliphatic heterocycles. The Hall–Kier alpha value is -0.700. The van der Waals surface area contributed by atoms with E-state index >= 15 is 0 Å². The van der Waals surface area contributed by atoms with Gasteiger partial charge in [-0.1, -0.05) is 6.92 Å². The third-order valence-electron chi connectivity index (χ3n) is 1.00. The van der Waals surface area contributed by atoms with E-state index in [4.69, 9.17) is 11.6 Å². The van der Waals surface area contributed by atoms with Crippen molar-refractivity contribution in [2.75, 3.05) is 0 Å². The molecule has 0 aromatic rings. The van der Waals surface area contributed by atoms with E-state index in [0.29, 0.717) is 0 Å². The Labute approximate surface area is 49.7 Å². The van der Waals surface area contributed by atoms with Crippen LogP contribution in [0, 0.1) is 0 Å². The predicted octanol–water partition coefficient (Wildman–Crippen LogP) is 0.0499. The second-order valence-electron chi connectivity index (χ2n) is 1.66. The largest absolute Gasteiger partial charge is 0.401 e. The van der Waals surface area contributed by atoms with Crippen LogP contribution in [0.1, 0.15) is 20.3 Å². The van der Waals surface area contributed by atoms with E-state index in [0.717, 1.165) is 17.8 Å². The SMILES string of the molecule is CC/C(NN)=C(\C)N. The first-order chi connectivity index (χ1) is 3.72. The molecule has 0 heterocycles. The molecule has 8 heavy (non-hydrogen) atoms. The van der Waals surface area contributed by atoms with Gasteiger partial charge in [-0.25, -0.2) is 0 Å². The number of hydrogen-bond donors (Lipinski definition) is 3. The first kappa shape index (κ1) is 7.30. The summed E-state index contributed by atoms with van der Waals surface area (Å²) in [7, 11) is 0. The Kier molecular flexibility index (Phi) is 3.03. The fourth-order valence-electron chi connectivity index (χ4n) is 0.495. The van der Waals surface area contributed by atoms with Gasteiger partial charge in [-0.3, -0.25) is 5.84 Å². The van der Waals surface area contributed by atoms with Crippen molar-refractivity contribution in [3.05, 3.63) is 11.4 Å². The standard InChI is InChI=1S/C5H13N3/c1-3-5(8-7)4(2)6/h8H,3,6-7H2,1-2H3/b5-4-. The summed E-state index contributed by atoms with van der Waals surface area (Å²) in [4.78, 5) is 0. The van der Waals surface area contributed by atoms with Crippen LogP contribution < -0.4 is 17.0 Å². The molecule has 3 heteroatoms. The summed E-state index contributed by atoms with van der Waals surface area (Å²) in [5.74, 6) is 5.10. The van der Waals surface area contributed by atoms with E-state index in [2.05, 4.69) is 5.43 Å². The maximum atomic E-state index is 5.39. The summed E-state index contributed by atoms with van der Waals surface area (Å²) < 4.78 is 0. The molecule has 0 saturated heterocycles. The molecule has 0 bridgehead atoms. The van der Waals surface area contributed by atoms with Crippen LogP contribution in [0.3, 0.4) is 0 Å². The van der Waals surface area contributed by atoms with E-state index in [-0.39, 0.29) is 0 Å². The zero-order valence-corrected chi connectivity index (χ0v) is 5.36. The van der Waals surface area contributed by atoms with Gasteiger partial charge in [-0.2, -0.15) is 0 Å². The van der Waals surface area contributed by atoms with Crippen LogP contribution in [0.2, 0.25) is 0 Å². The number of nitrogens with two attached hydrogens (primary N) is 2. The molecule has 0 saturated carbocycles. The van der Waals surface area contributed by atoms with Gasteiger partial charge >= 0.3 is 0 Å². The normalized spacial score (nSPS) is 12.9. The molecule has 0 radical (unpaired) electrons. The van der Waals surface area contributed by atoms with Gasteiger partial charge < -0.3 is 11.2 Å². The van der Waals surface area contributed by atoms with Crippen LogP contribution in [0.4, 0.5) is 0 Å². The van der Waals surface area contributed by atoms with Crippen molar-refractivity contribution < 1.29 is 0 Å². The Balaban J connectivity index is 3.86. The average Bonchev–Trinajstić information content (AvgIpc) is 1.69. The molecule has 0 aliphatic carbocycles. The van der Waals surface area contributed by atoms with Crippen molar-refractivity contribution >= 4 is 0 Å². The molecule has 0 unspecified atom stereocenters. The predicted molar refractivity (Wildman–Crippen MR) is 34.5 cm³/mol. The first-order valence-corrected chi connectivity index (χ1v) is 2.64. The minimum absolute atomic E-state index is 0.759. The molecule has 5 N–H and O–H groups in total. The van der Waals surface area contributed by atoms with Gasteiger partial charge in [0.25, 0.3) is 0 Å². The van der Waals surface area contributed by atoms with Crippen molar-refractivity contribution in [3.63, 3.8) is 0 Å². The quantitative estimate of drug-likeness (QED) is 0.352. The third-order valence-corrected chi connectivity index (χ3v) is 1.00. The minimum Gasteiger partial charge on any atom is -0.401 e. The fraction of sp³-hybridized carbons (Fsp3) is 0.600. The highest BCUT2D eigenvalue weighted by Gasteiger charge is 1.89. The zero-order valence-electron chi connectivity index (χ0n) is 5.36. The van der Waals surface area contributed by atoms with E-state index < -0.39 is 0 Å². The molecule has 0 atom stereocenters. The van der Waals surface area contributed by atoms with E-state index in [9.17, 15) is 0 Å². The van der Waals surface area contributed by atoms with Gasteiger partial charge in [0.1, 0.15) is 0 Å². The van der Waals surface area contributed by atoms with Gasteiger partial charge in [0.15, 0.2) is 0 Å². The van der Waals surface area contributed by atoms with Crippen molar-refractivity contribution in [1.29, 1.82) is 0 Å². The van der Waals surface area contributed by atoms with Gasteiger partial charge in [-0.05, 0) is 13.3 Å². The molecule has 48 valence electrons. The Morgan fingerprint density at radius 3 is 2.12 bits per heavy atom. The maximum absolute atomic E-state index is 5.39. The second-order valence-corrected chi connectivity index (χ2v) is 1.66. The molecule has 0 fully saturated rings. The molecular weight excluding hydrogens is 102 g/mol. The summed E-state index contributed by atoms with van der Waals surface area (Å²) in [6.07, 6.45) is 0.860. The number of rotatable bonds is 2. The van der Waals surface area contributed by atoms with E-state index in [1.54, 1.807) is 0 Å². The summed E-state index contributed by atoms with van der Waals surface area (Å²) in [5, 5.41) is 0. The minimum atomic E-state index is 0.759. The monoisotopic (exact) mass is 115 g/mol. The van der Waals surface area contributed by atoms with Gasteiger partial charge in [-0.15, -0.1) is 0 Å². The first-order valence-electron chi connectivity index (χ1n) is 2.64. The van der Waals surface area contributed by atoms with Crippen molar-refractivity contribution in [1.82, 2.24) is 5.43 Å². The molecule has 0 rings (SSSR count). The molecular formula is C5H13N3. The van der Waals surface area contributed by atoms with Gasteiger partial charge in [0.05, 0.1) is 0 Å². The molecule has 0 amide bonds. The molecule has 0 aliphatic rings. The lowest BCUT2D eigenvalue weighted by molar-refractivity contribution is 0.804. The zero-order chi connectivity index (χ0) is 6.57. The summed E-state index contributed by atoms with van der Waals surface area (Å²) in [6, 6.07) is 0. The number of hydrazine groups is 1. The molecule has 0 aromatic carbocycles. The maximum Gasteiger partial charge on any atom is 0.0440 e. The molecule has 0 spiro atoms. The van der Waals surface area contributed by atoms with E-state index in [1.165, 1.54) is 0 Å². The van der Waals surface area contributed by atoms with Crippen molar-refractivity contribution in [2.45, 2.75) is 20.3 Å². The van der Waals surface area contributed by atoms with Crippen LogP contribution in [-0.2, 0) is 0 Å². The Morgan fingerprint density at radius 2 is 2.12 bits per heavy atom. The molecule has 0 aromatic heterocycles. The highest BCUT2D eigenvalue weighted by molar-refractivity contribution is 5.04.